The van der Waals surface area contributed by atoms with Gasteiger partial charge >= 0.3 is 6.19 Å². The first kappa shape index (κ1) is 18.3. The lowest BCUT2D eigenvalue weighted by Crippen LogP contribution is -2.60. The molecule has 2 aromatic carbocycles. The summed E-state index contributed by atoms with van der Waals surface area (Å²) in [5.74, 6) is -1.38. The smallest absolute Gasteiger partial charge is 0.280 e. The van der Waals surface area contributed by atoms with Crippen molar-refractivity contribution in [1.29, 1.82) is 5.26 Å². The molecule has 2 amide bonds. The van der Waals surface area contributed by atoms with Gasteiger partial charge in [0.25, 0.3) is 5.91 Å². The fraction of sp³-hybridized carbons (Fsp3) is 0.286. The van der Waals surface area contributed by atoms with Crippen LogP contribution >= 0.6 is 0 Å². The third-order valence-electron chi connectivity index (χ3n) is 5.64. The average molecular weight is 379 g/mol. The summed E-state index contributed by atoms with van der Waals surface area (Å²) < 4.78 is 14.3. The Morgan fingerprint density at radius 2 is 1.64 bits per heavy atom. The molecule has 2 fully saturated rings. The quantitative estimate of drug-likeness (QED) is 0.466. The normalized spacial score (nSPS) is 22.3. The van der Waals surface area contributed by atoms with Crippen molar-refractivity contribution in [1.82, 2.24) is 9.38 Å². The molecule has 28 heavy (non-hydrogen) atoms. The number of piperazine rings is 1. The van der Waals surface area contributed by atoms with Gasteiger partial charge in [0, 0.05) is 12.1 Å². The molecule has 0 aliphatic carbocycles. The fourth-order valence-electron chi connectivity index (χ4n) is 4.05. The lowest BCUT2D eigenvalue weighted by atomic mass is 10.1. The first-order valence-electron chi connectivity index (χ1n) is 9.25. The van der Waals surface area contributed by atoms with E-state index < -0.39 is 23.7 Å². The number of quaternary nitrogens is 1. The number of rotatable bonds is 3. The molecular weight excluding hydrogens is 359 g/mol. The van der Waals surface area contributed by atoms with E-state index in [1.54, 1.807) is 6.07 Å². The molecule has 0 N–H and O–H groups in total. The van der Waals surface area contributed by atoms with E-state index in [9.17, 15) is 19.2 Å². The maximum Gasteiger partial charge on any atom is 0.314 e. The number of para-hydroxylation sites is 2. The number of anilines is 1. The van der Waals surface area contributed by atoms with Gasteiger partial charge in [0.05, 0.1) is 31.2 Å². The van der Waals surface area contributed by atoms with E-state index in [2.05, 4.69) is 6.19 Å². The standard InChI is InChI=1S/C21H20FN4O2/c22-17-8-4-5-9-18(17)25-20(27)14-19(21(25)28)24-10-12-26(15-23,13-11-24)16-6-2-1-3-7-16/h1-9,19H,10-14H2/q+1. The van der Waals surface area contributed by atoms with Crippen LogP contribution in [0.25, 0.3) is 0 Å². The van der Waals surface area contributed by atoms with Gasteiger partial charge in [-0.2, -0.15) is 4.48 Å². The summed E-state index contributed by atoms with van der Waals surface area (Å²) >= 11 is 0. The Morgan fingerprint density at radius 3 is 2.29 bits per heavy atom. The third-order valence-corrected chi connectivity index (χ3v) is 5.64. The highest BCUT2D eigenvalue weighted by molar-refractivity contribution is 6.22. The maximum atomic E-state index is 14.1. The zero-order valence-corrected chi connectivity index (χ0v) is 15.3. The van der Waals surface area contributed by atoms with Gasteiger partial charge < -0.3 is 0 Å². The van der Waals surface area contributed by atoms with Crippen molar-refractivity contribution in [3.63, 3.8) is 0 Å². The largest absolute Gasteiger partial charge is 0.314 e. The first-order chi connectivity index (χ1) is 13.6. The number of halogens is 1. The maximum absolute atomic E-state index is 14.1. The highest BCUT2D eigenvalue weighted by atomic mass is 19.1. The average Bonchev–Trinajstić information content (AvgIpc) is 3.03. The molecule has 4 rings (SSSR count). The van der Waals surface area contributed by atoms with Crippen LogP contribution in [0.5, 0.6) is 0 Å². The Balaban J connectivity index is 1.51. The molecule has 0 aromatic heterocycles. The second-order valence-electron chi connectivity index (χ2n) is 7.13. The molecule has 6 nitrogen and oxygen atoms in total. The summed E-state index contributed by atoms with van der Waals surface area (Å²) in [7, 11) is 0. The molecule has 2 aliphatic heterocycles. The molecule has 142 valence electrons. The Hall–Kier alpha value is -3.08. The Kier molecular flexibility index (Phi) is 4.67. The van der Waals surface area contributed by atoms with Crippen LogP contribution < -0.4 is 9.38 Å². The summed E-state index contributed by atoms with van der Waals surface area (Å²) in [5.41, 5.74) is 0.926. The molecule has 0 bridgehead atoms. The summed E-state index contributed by atoms with van der Waals surface area (Å²) in [6.45, 7) is 2.07. The van der Waals surface area contributed by atoms with Crippen LogP contribution in [-0.2, 0) is 9.59 Å². The van der Waals surface area contributed by atoms with E-state index in [1.807, 2.05) is 35.2 Å². The predicted molar refractivity (Wildman–Crippen MR) is 102 cm³/mol. The molecular formula is C21H20FN4O2+. The SMILES string of the molecule is N#C[N+]1(c2ccccc2)CCN(C2CC(=O)N(c3ccccc3F)C2=O)CC1. The van der Waals surface area contributed by atoms with Crippen molar-refractivity contribution >= 4 is 23.2 Å². The van der Waals surface area contributed by atoms with Crippen LogP contribution in [0.2, 0.25) is 0 Å². The second kappa shape index (κ2) is 7.15. The van der Waals surface area contributed by atoms with Gasteiger partial charge in [-0.1, -0.05) is 30.3 Å². The van der Waals surface area contributed by atoms with Crippen LogP contribution in [0.15, 0.2) is 54.6 Å². The topological polar surface area (TPSA) is 64.4 Å². The Bertz CT molecular complexity index is 948. The van der Waals surface area contributed by atoms with Gasteiger partial charge in [0.1, 0.15) is 24.6 Å². The molecule has 2 saturated heterocycles. The number of hydrogen-bond donors (Lipinski definition) is 0. The van der Waals surface area contributed by atoms with E-state index in [0.717, 1.165) is 10.6 Å². The summed E-state index contributed by atoms with van der Waals surface area (Å²) in [5, 5.41) is 9.79. The van der Waals surface area contributed by atoms with Crippen molar-refractivity contribution in [3.05, 3.63) is 60.4 Å². The van der Waals surface area contributed by atoms with Crippen molar-refractivity contribution in [3.8, 4) is 6.19 Å². The molecule has 1 unspecified atom stereocenters. The third kappa shape index (κ3) is 2.97. The molecule has 2 aliphatic rings. The zero-order valence-electron chi connectivity index (χ0n) is 15.3. The van der Waals surface area contributed by atoms with Gasteiger partial charge in [-0.15, -0.1) is 5.26 Å². The molecule has 2 aromatic rings. The number of nitrogens with zero attached hydrogens (tertiary/aromatic N) is 4. The number of hydrogen-bond acceptors (Lipinski definition) is 4. The fourth-order valence-corrected chi connectivity index (χ4v) is 4.05. The number of nitriles is 1. The highest BCUT2D eigenvalue weighted by Crippen LogP contribution is 2.30. The van der Waals surface area contributed by atoms with Crippen molar-refractivity contribution in [2.75, 3.05) is 31.1 Å². The lowest BCUT2D eigenvalue weighted by Gasteiger charge is -2.39. The van der Waals surface area contributed by atoms with E-state index in [-0.39, 0.29) is 16.6 Å². The van der Waals surface area contributed by atoms with Gasteiger partial charge in [-0.05, 0) is 12.1 Å². The minimum Gasteiger partial charge on any atom is -0.280 e. The molecule has 7 heteroatoms. The predicted octanol–water partition coefficient (Wildman–Crippen LogP) is 2.26. The van der Waals surface area contributed by atoms with E-state index in [1.165, 1.54) is 18.2 Å². The van der Waals surface area contributed by atoms with Crippen molar-refractivity contribution in [2.24, 2.45) is 0 Å². The number of benzene rings is 2. The molecule has 0 spiro atoms. The molecule has 2 heterocycles. The summed E-state index contributed by atoms with van der Waals surface area (Å²) in [6, 6.07) is 14.8. The van der Waals surface area contributed by atoms with E-state index in [4.69, 9.17) is 0 Å². The number of amides is 2. The number of carbonyl (C=O) groups excluding carboxylic acids is 2. The minimum absolute atomic E-state index is 0.00319. The van der Waals surface area contributed by atoms with Crippen LogP contribution in [-0.4, -0.2) is 48.9 Å². The second-order valence-corrected chi connectivity index (χ2v) is 7.13. The van der Waals surface area contributed by atoms with Gasteiger partial charge in [-0.3, -0.25) is 14.5 Å². The molecule has 0 radical (unpaired) electrons. The highest BCUT2D eigenvalue weighted by Gasteiger charge is 2.46. The van der Waals surface area contributed by atoms with Crippen LogP contribution in [0, 0.1) is 17.3 Å². The van der Waals surface area contributed by atoms with Gasteiger partial charge in [0.2, 0.25) is 5.91 Å². The summed E-state index contributed by atoms with van der Waals surface area (Å²) in [6.07, 6.45) is 2.44. The summed E-state index contributed by atoms with van der Waals surface area (Å²) in [4.78, 5) is 28.2. The van der Waals surface area contributed by atoms with E-state index >= 15 is 0 Å². The molecule has 1 atom stereocenters. The number of imide groups is 1. The Labute approximate surface area is 162 Å². The zero-order chi connectivity index (χ0) is 19.7. The first-order valence-corrected chi connectivity index (χ1v) is 9.25. The van der Waals surface area contributed by atoms with Crippen LogP contribution in [0.1, 0.15) is 6.42 Å². The van der Waals surface area contributed by atoms with Crippen LogP contribution in [0.4, 0.5) is 15.8 Å². The minimum atomic E-state index is -0.608. The van der Waals surface area contributed by atoms with Crippen LogP contribution in [0.3, 0.4) is 0 Å². The van der Waals surface area contributed by atoms with E-state index in [0.29, 0.717) is 26.2 Å². The molecule has 0 saturated carbocycles. The van der Waals surface area contributed by atoms with Crippen molar-refractivity contribution in [2.45, 2.75) is 12.5 Å². The van der Waals surface area contributed by atoms with Gasteiger partial charge in [0.15, 0.2) is 0 Å². The number of carbonyl (C=O) groups is 2. The van der Waals surface area contributed by atoms with Crippen molar-refractivity contribution < 1.29 is 14.0 Å². The lowest BCUT2D eigenvalue weighted by molar-refractivity contribution is -0.123. The Morgan fingerprint density at radius 1 is 1.00 bits per heavy atom. The van der Waals surface area contributed by atoms with Gasteiger partial charge in [-0.25, -0.2) is 9.29 Å². The monoisotopic (exact) mass is 379 g/mol.